The van der Waals surface area contributed by atoms with Gasteiger partial charge in [0, 0.05) is 18.0 Å². The molecule has 0 saturated carbocycles. The summed E-state index contributed by atoms with van der Waals surface area (Å²) < 4.78 is 11.8. The van der Waals surface area contributed by atoms with E-state index in [0.29, 0.717) is 18.0 Å². The smallest absolute Gasteiger partial charge is 0.267 e. The Morgan fingerprint density at radius 2 is 2.00 bits per heavy atom. The van der Waals surface area contributed by atoms with Crippen molar-refractivity contribution >= 4 is 17.2 Å². The summed E-state index contributed by atoms with van der Waals surface area (Å²) in [5.74, 6) is 1.36. The maximum absolute atomic E-state index is 12.8. The molecule has 1 amide bonds. The van der Waals surface area contributed by atoms with Gasteiger partial charge in [0.2, 0.25) is 6.10 Å². The molecule has 2 aliphatic heterocycles. The average Bonchev–Trinajstić information content (AvgIpc) is 3.01. The number of carbonyl (C=O) groups is 1. The lowest BCUT2D eigenvalue weighted by Crippen LogP contribution is -2.51. The number of amides is 1. The summed E-state index contributed by atoms with van der Waals surface area (Å²) in [4.78, 5) is 16.1. The maximum atomic E-state index is 12.8. The molecule has 0 radical (unpaired) electrons. The van der Waals surface area contributed by atoms with Crippen molar-refractivity contribution in [2.75, 3.05) is 6.54 Å². The molecule has 5 heteroatoms. The van der Waals surface area contributed by atoms with Gasteiger partial charge >= 0.3 is 0 Å². The molecule has 4 nitrogen and oxygen atoms in total. The van der Waals surface area contributed by atoms with Crippen molar-refractivity contribution < 1.29 is 14.3 Å². The number of nitrogens with zero attached hydrogens (tertiary/aromatic N) is 1. The second-order valence-corrected chi connectivity index (χ2v) is 6.69. The zero-order valence-corrected chi connectivity index (χ0v) is 13.1. The summed E-state index contributed by atoms with van der Waals surface area (Å²) in [7, 11) is 0. The zero-order chi connectivity index (χ0) is 15.1. The Balaban J connectivity index is 1.54. The minimum atomic E-state index is -0.574. The van der Waals surface area contributed by atoms with Crippen LogP contribution >= 0.6 is 11.3 Å². The number of para-hydroxylation sites is 2. The van der Waals surface area contributed by atoms with Crippen molar-refractivity contribution in [1.82, 2.24) is 4.90 Å². The van der Waals surface area contributed by atoms with Crippen LogP contribution in [0.5, 0.6) is 11.5 Å². The lowest BCUT2D eigenvalue weighted by atomic mass is 10.1. The normalized spacial score (nSPS) is 23.0. The molecule has 2 aliphatic rings. The van der Waals surface area contributed by atoms with Gasteiger partial charge < -0.3 is 14.4 Å². The second-order valence-electron chi connectivity index (χ2n) is 5.69. The Hall–Kier alpha value is -2.01. The Morgan fingerprint density at radius 1 is 1.23 bits per heavy atom. The van der Waals surface area contributed by atoms with Gasteiger partial charge in [-0.25, -0.2) is 0 Å². The van der Waals surface area contributed by atoms with Crippen LogP contribution in [0.3, 0.4) is 0 Å². The second kappa shape index (κ2) is 5.32. The Kier molecular flexibility index (Phi) is 3.30. The highest BCUT2D eigenvalue weighted by molar-refractivity contribution is 7.10. The highest BCUT2D eigenvalue weighted by Gasteiger charge is 2.37. The number of ether oxygens (including phenoxy) is 2. The topological polar surface area (TPSA) is 38.8 Å². The van der Waals surface area contributed by atoms with E-state index in [1.54, 1.807) is 11.3 Å². The Morgan fingerprint density at radius 3 is 2.82 bits per heavy atom. The molecule has 1 aromatic carbocycles. The average molecular weight is 315 g/mol. The van der Waals surface area contributed by atoms with E-state index in [2.05, 4.69) is 11.4 Å². The third kappa shape index (κ3) is 2.25. The van der Waals surface area contributed by atoms with Gasteiger partial charge in [-0.2, -0.15) is 0 Å². The van der Waals surface area contributed by atoms with Gasteiger partial charge in [-0.15, -0.1) is 11.3 Å². The van der Waals surface area contributed by atoms with E-state index in [9.17, 15) is 4.79 Å². The molecular weight excluding hydrogens is 298 g/mol. The van der Waals surface area contributed by atoms with Gasteiger partial charge in [-0.3, -0.25) is 4.79 Å². The minimum Gasteiger partial charge on any atom is -0.482 e. The highest BCUT2D eigenvalue weighted by atomic mass is 32.1. The van der Waals surface area contributed by atoms with Crippen molar-refractivity contribution in [3.05, 3.63) is 46.2 Å². The van der Waals surface area contributed by atoms with Crippen molar-refractivity contribution in [3.8, 4) is 11.5 Å². The van der Waals surface area contributed by atoms with E-state index >= 15 is 0 Å². The SMILES string of the molecule is C[C@H]1Oc2ccccc2O[C@@H]1C(=O)N1CCc2sccc2C1. The fourth-order valence-corrected chi connectivity index (χ4v) is 3.90. The lowest BCUT2D eigenvalue weighted by Gasteiger charge is -2.35. The summed E-state index contributed by atoms with van der Waals surface area (Å²) in [5, 5.41) is 2.09. The van der Waals surface area contributed by atoms with E-state index in [1.165, 1.54) is 10.4 Å². The van der Waals surface area contributed by atoms with Gasteiger partial charge in [0.05, 0.1) is 0 Å². The van der Waals surface area contributed by atoms with Crippen LogP contribution in [-0.4, -0.2) is 29.6 Å². The van der Waals surface area contributed by atoms with Crippen molar-refractivity contribution in [2.24, 2.45) is 0 Å². The first-order valence-electron chi connectivity index (χ1n) is 7.49. The number of carbonyl (C=O) groups excluding carboxylic acids is 1. The summed E-state index contributed by atoms with van der Waals surface area (Å²) in [5.41, 5.74) is 1.26. The van der Waals surface area contributed by atoms with E-state index < -0.39 is 6.10 Å². The van der Waals surface area contributed by atoms with Crippen LogP contribution in [0.4, 0.5) is 0 Å². The molecule has 0 bridgehead atoms. The Bertz CT molecular complexity index is 711. The van der Waals surface area contributed by atoms with Crippen LogP contribution in [0.2, 0.25) is 0 Å². The quantitative estimate of drug-likeness (QED) is 0.812. The monoisotopic (exact) mass is 315 g/mol. The minimum absolute atomic E-state index is 0.0128. The molecule has 3 heterocycles. The predicted molar refractivity (Wildman–Crippen MR) is 84.4 cm³/mol. The number of hydrogen-bond acceptors (Lipinski definition) is 4. The molecule has 2 aromatic rings. The van der Waals surface area contributed by atoms with Crippen LogP contribution in [-0.2, 0) is 17.8 Å². The molecular formula is C17H17NO3S. The molecule has 22 heavy (non-hydrogen) atoms. The fraction of sp³-hybridized carbons (Fsp3) is 0.353. The van der Waals surface area contributed by atoms with Crippen LogP contribution in [0.25, 0.3) is 0 Å². The molecule has 0 saturated heterocycles. The van der Waals surface area contributed by atoms with Crippen molar-refractivity contribution in [1.29, 1.82) is 0 Å². The maximum Gasteiger partial charge on any atom is 0.267 e. The molecule has 2 atom stereocenters. The largest absolute Gasteiger partial charge is 0.482 e. The first-order chi connectivity index (χ1) is 10.7. The molecule has 0 fully saturated rings. The van der Waals surface area contributed by atoms with E-state index in [4.69, 9.17) is 9.47 Å². The molecule has 1 aromatic heterocycles. The van der Waals surface area contributed by atoms with Crippen LogP contribution in [0.15, 0.2) is 35.7 Å². The van der Waals surface area contributed by atoms with Crippen LogP contribution in [0.1, 0.15) is 17.4 Å². The fourth-order valence-electron chi connectivity index (χ4n) is 3.01. The number of fused-ring (bicyclic) bond motifs is 2. The number of hydrogen-bond donors (Lipinski definition) is 0. The third-order valence-electron chi connectivity index (χ3n) is 4.21. The van der Waals surface area contributed by atoms with Gasteiger partial charge in [0.1, 0.15) is 6.10 Å². The molecule has 0 spiro atoms. The van der Waals surface area contributed by atoms with Crippen molar-refractivity contribution in [2.45, 2.75) is 32.1 Å². The summed E-state index contributed by atoms with van der Waals surface area (Å²) in [6.07, 6.45) is 0.0680. The molecule has 0 unspecified atom stereocenters. The van der Waals surface area contributed by atoms with Gasteiger partial charge in [0.15, 0.2) is 11.5 Å². The third-order valence-corrected chi connectivity index (χ3v) is 5.23. The molecule has 0 N–H and O–H groups in total. The van der Waals surface area contributed by atoms with E-state index in [0.717, 1.165) is 13.0 Å². The summed E-state index contributed by atoms with van der Waals surface area (Å²) in [6, 6.07) is 9.61. The van der Waals surface area contributed by atoms with Crippen LogP contribution < -0.4 is 9.47 Å². The van der Waals surface area contributed by atoms with Gasteiger partial charge in [-0.05, 0) is 42.5 Å². The van der Waals surface area contributed by atoms with Crippen molar-refractivity contribution in [3.63, 3.8) is 0 Å². The highest BCUT2D eigenvalue weighted by Crippen LogP contribution is 2.34. The van der Waals surface area contributed by atoms with Crippen LogP contribution in [0, 0.1) is 0 Å². The van der Waals surface area contributed by atoms with Gasteiger partial charge in [0.25, 0.3) is 5.91 Å². The summed E-state index contributed by atoms with van der Waals surface area (Å²) >= 11 is 1.77. The number of benzene rings is 1. The zero-order valence-electron chi connectivity index (χ0n) is 12.3. The molecule has 4 rings (SSSR count). The standard InChI is InChI=1S/C17H17NO3S/c1-11-16(21-14-5-3-2-4-13(14)20-11)17(19)18-8-6-15-12(10-18)7-9-22-15/h2-5,7,9,11,16H,6,8,10H2,1H3/t11-,16+/m1/s1. The van der Waals surface area contributed by atoms with E-state index in [1.807, 2.05) is 36.1 Å². The van der Waals surface area contributed by atoms with Gasteiger partial charge in [-0.1, -0.05) is 12.1 Å². The number of thiophene rings is 1. The summed E-state index contributed by atoms with van der Waals surface area (Å²) in [6.45, 7) is 3.31. The lowest BCUT2D eigenvalue weighted by molar-refractivity contribution is -0.145. The first-order valence-corrected chi connectivity index (χ1v) is 8.37. The molecule has 114 valence electrons. The Labute approximate surface area is 133 Å². The molecule has 0 aliphatic carbocycles. The predicted octanol–water partition coefficient (Wildman–Crippen LogP) is 2.86. The van der Waals surface area contributed by atoms with E-state index in [-0.39, 0.29) is 12.0 Å². The number of rotatable bonds is 1. The first kappa shape index (κ1) is 13.6.